The van der Waals surface area contributed by atoms with Gasteiger partial charge in [-0.3, -0.25) is 19.1 Å². The number of hydrogen-bond acceptors (Lipinski definition) is 7. The zero-order chi connectivity index (χ0) is 26.3. The van der Waals surface area contributed by atoms with Crippen molar-refractivity contribution in [3.63, 3.8) is 0 Å². The molecule has 0 aliphatic carbocycles. The Bertz CT molecular complexity index is 1080. The predicted octanol–water partition coefficient (Wildman–Crippen LogP) is 1.18. The van der Waals surface area contributed by atoms with Crippen LogP contribution in [0, 0.1) is 5.41 Å². The number of nitrogens with two attached hydrogens (primary N) is 1. The number of rotatable bonds is 6. The van der Waals surface area contributed by atoms with Crippen molar-refractivity contribution in [3.8, 4) is 0 Å². The van der Waals surface area contributed by atoms with Crippen LogP contribution in [-0.2, 0) is 33.8 Å². The first kappa shape index (κ1) is 29.9. The smallest absolute Gasteiger partial charge is 0.242 e. The molecule has 1 fully saturated rings. The second kappa shape index (κ2) is 14.0. The van der Waals surface area contributed by atoms with E-state index in [0.717, 1.165) is 17.0 Å². The second-order valence-corrected chi connectivity index (χ2v) is 11.0. The van der Waals surface area contributed by atoms with Crippen LogP contribution in [0.3, 0.4) is 0 Å². The quantitative estimate of drug-likeness (QED) is 0.480. The number of piperidine rings is 1. The highest BCUT2D eigenvalue weighted by Crippen LogP contribution is 2.36. The molecule has 208 valence electrons. The number of nitrogens with one attached hydrogen (secondary N) is 2. The van der Waals surface area contributed by atoms with Crippen molar-refractivity contribution in [1.29, 1.82) is 0 Å². The molecule has 0 unspecified atom stereocenters. The van der Waals surface area contributed by atoms with Crippen molar-refractivity contribution in [3.05, 3.63) is 47.8 Å². The lowest BCUT2D eigenvalue weighted by Gasteiger charge is -2.41. The first-order valence-electron chi connectivity index (χ1n) is 12.9. The van der Waals surface area contributed by atoms with E-state index in [4.69, 9.17) is 5.73 Å². The van der Waals surface area contributed by atoms with Gasteiger partial charge in [-0.1, -0.05) is 35.5 Å². The molecule has 3 heterocycles. The minimum Gasteiger partial charge on any atom is -0.354 e. The lowest BCUT2D eigenvalue weighted by molar-refractivity contribution is -0.142. The molecule has 2 aliphatic heterocycles. The van der Waals surface area contributed by atoms with Gasteiger partial charge in [0.1, 0.15) is 6.04 Å². The third-order valence-electron chi connectivity index (χ3n) is 7.34. The Kier molecular flexibility index (Phi) is 11.0. The van der Waals surface area contributed by atoms with E-state index < -0.39 is 17.5 Å². The fourth-order valence-electron chi connectivity index (χ4n) is 5.06. The molecule has 12 heteroatoms. The van der Waals surface area contributed by atoms with E-state index in [-0.39, 0.29) is 30.1 Å². The molecule has 1 spiro atoms. The Balaban J connectivity index is 0.00000400. The van der Waals surface area contributed by atoms with Gasteiger partial charge in [-0.05, 0) is 43.3 Å². The molecule has 1 aromatic heterocycles. The highest BCUT2D eigenvalue weighted by Gasteiger charge is 2.44. The Morgan fingerprint density at radius 3 is 2.66 bits per heavy atom. The number of fused-ring (bicyclic) bond motifs is 2. The molecule has 0 saturated carbocycles. The standard InChI is InChI=1S/C26H37N7O3S.ClH/c1-37-15-8-21(27)24(35)32-13-9-26(10-14-32)17-20-18-33(31-30-20)12-5-11-28-23(34)22(29-25(26)36)16-19-6-3-2-4-7-19;/h2-4,6-7,18,21-22H,5,8-17,27H2,1H3,(H,28,34)(H,29,36);1H/t21-,22-;/m0./s1. The van der Waals surface area contributed by atoms with Gasteiger partial charge in [0, 0.05) is 45.2 Å². The Morgan fingerprint density at radius 1 is 1.21 bits per heavy atom. The van der Waals surface area contributed by atoms with Gasteiger partial charge in [0.2, 0.25) is 17.7 Å². The summed E-state index contributed by atoms with van der Waals surface area (Å²) in [6, 6.07) is 8.46. The van der Waals surface area contributed by atoms with Crippen LogP contribution >= 0.6 is 24.2 Å². The topological polar surface area (TPSA) is 135 Å². The van der Waals surface area contributed by atoms with Crippen LogP contribution in [0.5, 0.6) is 0 Å². The van der Waals surface area contributed by atoms with E-state index in [2.05, 4.69) is 20.9 Å². The van der Waals surface area contributed by atoms with Gasteiger partial charge in [0.25, 0.3) is 0 Å². The fourth-order valence-corrected chi connectivity index (χ4v) is 5.55. The van der Waals surface area contributed by atoms with E-state index >= 15 is 0 Å². The molecular weight excluding hydrogens is 526 g/mol. The maximum atomic E-state index is 13.9. The molecule has 2 atom stereocenters. The molecule has 2 bridgehead atoms. The summed E-state index contributed by atoms with van der Waals surface area (Å²) in [6.45, 7) is 1.97. The molecule has 4 N–H and O–H groups in total. The average Bonchev–Trinajstić information content (AvgIpc) is 3.36. The molecule has 3 amide bonds. The van der Waals surface area contributed by atoms with Crippen molar-refractivity contribution >= 4 is 41.9 Å². The van der Waals surface area contributed by atoms with Crippen molar-refractivity contribution in [1.82, 2.24) is 30.5 Å². The molecular formula is C26H38ClN7O3S. The third-order valence-corrected chi connectivity index (χ3v) is 7.98. The number of carbonyl (C=O) groups is 3. The van der Waals surface area contributed by atoms with Crippen LogP contribution in [0.15, 0.2) is 36.5 Å². The maximum Gasteiger partial charge on any atom is 0.242 e. The van der Waals surface area contributed by atoms with Gasteiger partial charge in [-0.2, -0.15) is 11.8 Å². The number of halogens is 1. The van der Waals surface area contributed by atoms with Crippen LogP contribution in [0.25, 0.3) is 0 Å². The summed E-state index contributed by atoms with van der Waals surface area (Å²) in [5, 5.41) is 14.6. The molecule has 1 saturated heterocycles. The zero-order valence-electron chi connectivity index (χ0n) is 21.8. The summed E-state index contributed by atoms with van der Waals surface area (Å²) < 4.78 is 1.76. The summed E-state index contributed by atoms with van der Waals surface area (Å²) in [6.07, 6.45) is 6.94. The number of aromatic nitrogens is 3. The fraction of sp³-hybridized carbons (Fsp3) is 0.577. The predicted molar refractivity (Wildman–Crippen MR) is 150 cm³/mol. The monoisotopic (exact) mass is 563 g/mol. The van der Waals surface area contributed by atoms with E-state index in [1.165, 1.54) is 0 Å². The van der Waals surface area contributed by atoms with Gasteiger partial charge in [0.05, 0.1) is 17.2 Å². The lowest BCUT2D eigenvalue weighted by Crippen LogP contribution is -2.57. The molecule has 2 aromatic rings. The van der Waals surface area contributed by atoms with Crippen LogP contribution in [0.1, 0.15) is 36.9 Å². The number of nitrogens with zero attached hydrogens (tertiary/aromatic N) is 4. The van der Waals surface area contributed by atoms with Crippen LogP contribution < -0.4 is 16.4 Å². The molecule has 1 aromatic carbocycles. The van der Waals surface area contributed by atoms with Crippen molar-refractivity contribution in [2.45, 2.75) is 57.2 Å². The lowest BCUT2D eigenvalue weighted by atomic mass is 9.73. The van der Waals surface area contributed by atoms with Crippen molar-refractivity contribution in [2.75, 3.05) is 31.6 Å². The Hall–Kier alpha value is -2.63. The summed E-state index contributed by atoms with van der Waals surface area (Å²) in [5.41, 5.74) is 7.06. The minimum absolute atomic E-state index is 0. The van der Waals surface area contributed by atoms with Gasteiger partial charge >= 0.3 is 0 Å². The summed E-state index contributed by atoms with van der Waals surface area (Å²) in [7, 11) is 0. The number of amides is 3. The Morgan fingerprint density at radius 2 is 1.95 bits per heavy atom. The first-order valence-corrected chi connectivity index (χ1v) is 14.3. The molecule has 4 rings (SSSR count). The normalized spacial score (nSPS) is 20.7. The van der Waals surface area contributed by atoms with Gasteiger partial charge in [-0.25, -0.2) is 0 Å². The number of carbonyl (C=O) groups excluding carboxylic acids is 3. The Labute approximate surface area is 234 Å². The van der Waals surface area contributed by atoms with E-state index in [1.807, 2.05) is 42.8 Å². The van der Waals surface area contributed by atoms with E-state index in [0.29, 0.717) is 64.7 Å². The van der Waals surface area contributed by atoms with Crippen LogP contribution in [-0.4, -0.2) is 81.3 Å². The third kappa shape index (κ3) is 7.48. The molecule has 0 radical (unpaired) electrons. The summed E-state index contributed by atoms with van der Waals surface area (Å²) >= 11 is 1.67. The highest BCUT2D eigenvalue weighted by atomic mass is 35.5. The van der Waals surface area contributed by atoms with E-state index in [9.17, 15) is 14.4 Å². The zero-order valence-corrected chi connectivity index (χ0v) is 23.4. The summed E-state index contributed by atoms with van der Waals surface area (Å²) in [5.74, 6) is 0.378. The van der Waals surface area contributed by atoms with Crippen LogP contribution in [0.4, 0.5) is 0 Å². The SMILES string of the molecule is CSCC[C@H](N)C(=O)N1CCC2(CC1)Cc1cn(nn1)CCCNC(=O)[C@H](Cc1ccccc1)NC2=O.Cl. The molecule has 2 aliphatic rings. The van der Waals surface area contributed by atoms with Gasteiger partial charge < -0.3 is 21.3 Å². The largest absolute Gasteiger partial charge is 0.354 e. The number of thioether (sulfide) groups is 1. The number of aryl methyl sites for hydroxylation is 1. The first-order chi connectivity index (χ1) is 17.9. The minimum atomic E-state index is -0.801. The van der Waals surface area contributed by atoms with Crippen molar-refractivity contribution < 1.29 is 14.4 Å². The highest BCUT2D eigenvalue weighted by molar-refractivity contribution is 7.98. The maximum absolute atomic E-state index is 13.9. The number of likely N-dealkylation sites (tertiary alicyclic amines) is 1. The van der Waals surface area contributed by atoms with Gasteiger partial charge in [0.15, 0.2) is 0 Å². The molecule has 10 nitrogen and oxygen atoms in total. The molecule has 38 heavy (non-hydrogen) atoms. The second-order valence-electron chi connectivity index (χ2n) is 10.0. The van der Waals surface area contributed by atoms with Crippen LogP contribution in [0.2, 0.25) is 0 Å². The van der Waals surface area contributed by atoms with Crippen molar-refractivity contribution in [2.24, 2.45) is 11.1 Å². The number of hydrogen-bond donors (Lipinski definition) is 3. The van der Waals surface area contributed by atoms with Gasteiger partial charge in [-0.15, -0.1) is 17.5 Å². The van der Waals surface area contributed by atoms with E-state index in [1.54, 1.807) is 21.3 Å². The number of benzene rings is 1. The summed E-state index contributed by atoms with van der Waals surface area (Å²) in [4.78, 5) is 41.8. The average molecular weight is 564 g/mol.